The van der Waals surface area contributed by atoms with Crippen molar-refractivity contribution in [3.63, 3.8) is 0 Å². The Hall–Kier alpha value is -2.14. The molecule has 0 aliphatic rings. The molecule has 3 N–H and O–H groups in total. The van der Waals surface area contributed by atoms with E-state index >= 15 is 0 Å². The number of amides is 2. The van der Waals surface area contributed by atoms with Crippen LogP contribution >= 0.6 is 11.3 Å². The highest BCUT2D eigenvalue weighted by molar-refractivity contribution is 7.12. The second-order valence-corrected chi connectivity index (χ2v) is 4.77. The Morgan fingerprint density at radius 2 is 2.06 bits per heavy atom. The minimum atomic E-state index is -0.478. The molecular formula is C13H12N2O2S. The first-order valence-corrected chi connectivity index (χ1v) is 6.21. The Morgan fingerprint density at radius 1 is 1.28 bits per heavy atom. The summed E-state index contributed by atoms with van der Waals surface area (Å²) in [5.41, 5.74) is 7.10. The van der Waals surface area contributed by atoms with Crippen LogP contribution in [0.2, 0.25) is 0 Å². The third kappa shape index (κ3) is 2.57. The second kappa shape index (κ2) is 5.01. The van der Waals surface area contributed by atoms with Gasteiger partial charge in [-0.25, -0.2) is 0 Å². The maximum atomic E-state index is 11.9. The van der Waals surface area contributed by atoms with Crippen LogP contribution in [0.15, 0.2) is 35.7 Å². The van der Waals surface area contributed by atoms with Crippen LogP contribution in [-0.2, 0) is 0 Å². The molecule has 1 aromatic carbocycles. The van der Waals surface area contributed by atoms with Crippen LogP contribution in [0.25, 0.3) is 0 Å². The number of hydrogen-bond acceptors (Lipinski definition) is 3. The highest BCUT2D eigenvalue weighted by Gasteiger charge is 2.09. The van der Waals surface area contributed by atoms with Crippen molar-refractivity contribution in [3.05, 3.63) is 51.7 Å². The number of aryl methyl sites for hydroxylation is 1. The number of primary amides is 1. The molecule has 2 amide bonds. The maximum absolute atomic E-state index is 11.9. The molecule has 0 aliphatic carbocycles. The van der Waals surface area contributed by atoms with Crippen molar-refractivity contribution < 1.29 is 9.59 Å². The largest absolute Gasteiger partial charge is 0.366 e. The Morgan fingerprint density at radius 3 is 2.61 bits per heavy atom. The van der Waals surface area contributed by atoms with Gasteiger partial charge in [0.2, 0.25) is 5.91 Å². The van der Waals surface area contributed by atoms with E-state index in [0.29, 0.717) is 16.1 Å². The molecule has 1 heterocycles. The normalized spacial score (nSPS) is 10.1. The fraction of sp³-hybridized carbons (Fsp3) is 0.0769. The SMILES string of the molecule is Cc1cc(C(N)=O)ccc1NC(=O)c1cccs1. The summed E-state index contributed by atoms with van der Waals surface area (Å²) in [6, 6.07) is 8.52. The van der Waals surface area contributed by atoms with Gasteiger partial charge in [-0.1, -0.05) is 6.07 Å². The number of thiophene rings is 1. The Bertz CT molecular complexity index is 591. The molecule has 4 nitrogen and oxygen atoms in total. The fourth-order valence-electron chi connectivity index (χ4n) is 1.55. The summed E-state index contributed by atoms with van der Waals surface area (Å²) < 4.78 is 0. The maximum Gasteiger partial charge on any atom is 0.265 e. The van der Waals surface area contributed by atoms with Crippen LogP contribution < -0.4 is 11.1 Å². The summed E-state index contributed by atoms with van der Waals surface area (Å²) >= 11 is 1.38. The summed E-state index contributed by atoms with van der Waals surface area (Å²) in [6.07, 6.45) is 0. The molecule has 0 atom stereocenters. The van der Waals surface area contributed by atoms with E-state index in [1.165, 1.54) is 11.3 Å². The van der Waals surface area contributed by atoms with Gasteiger partial charge in [0.25, 0.3) is 5.91 Å². The molecule has 0 bridgehead atoms. The van der Waals surface area contributed by atoms with Gasteiger partial charge < -0.3 is 11.1 Å². The number of anilines is 1. The number of hydrogen-bond donors (Lipinski definition) is 2. The summed E-state index contributed by atoms with van der Waals surface area (Å²) in [4.78, 5) is 23.5. The molecular weight excluding hydrogens is 248 g/mol. The average molecular weight is 260 g/mol. The van der Waals surface area contributed by atoms with E-state index in [1.54, 1.807) is 24.3 Å². The number of nitrogens with two attached hydrogens (primary N) is 1. The van der Waals surface area contributed by atoms with Gasteiger partial charge in [-0.15, -0.1) is 11.3 Å². The van der Waals surface area contributed by atoms with Gasteiger partial charge in [0.05, 0.1) is 4.88 Å². The number of nitrogens with one attached hydrogen (secondary N) is 1. The topological polar surface area (TPSA) is 72.2 Å². The lowest BCUT2D eigenvalue weighted by Crippen LogP contribution is -2.13. The van der Waals surface area contributed by atoms with Gasteiger partial charge in [-0.3, -0.25) is 9.59 Å². The van der Waals surface area contributed by atoms with Crippen molar-refractivity contribution in [1.29, 1.82) is 0 Å². The van der Waals surface area contributed by atoms with E-state index in [-0.39, 0.29) is 5.91 Å². The molecule has 0 aliphatic heterocycles. The third-order valence-electron chi connectivity index (χ3n) is 2.50. The zero-order valence-corrected chi connectivity index (χ0v) is 10.6. The average Bonchev–Trinajstić information content (AvgIpc) is 2.85. The number of benzene rings is 1. The number of carbonyl (C=O) groups is 2. The lowest BCUT2D eigenvalue weighted by molar-refractivity contribution is 0.0998. The van der Waals surface area contributed by atoms with Crippen LogP contribution in [0.4, 0.5) is 5.69 Å². The lowest BCUT2D eigenvalue weighted by atomic mass is 10.1. The van der Waals surface area contributed by atoms with Crippen molar-refractivity contribution in [3.8, 4) is 0 Å². The molecule has 2 aromatic rings. The highest BCUT2D eigenvalue weighted by atomic mass is 32.1. The Kier molecular flexibility index (Phi) is 3.43. The monoisotopic (exact) mass is 260 g/mol. The van der Waals surface area contributed by atoms with E-state index in [9.17, 15) is 9.59 Å². The van der Waals surface area contributed by atoms with Crippen LogP contribution in [-0.4, -0.2) is 11.8 Å². The molecule has 18 heavy (non-hydrogen) atoms. The number of carbonyl (C=O) groups excluding carboxylic acids is 2. The van der Waals surface area contributed by atoms with Crippen molar-refractivity contribution >= 4 is 28.8 Å². The molecule has 2 rings (SSSR count). The minimum absolute atomic E-state index is 0.153. The van der Waals surface area contributed by atoms with Crippen LogP contribution in [0, 0.1) is 6.92 Å². The minimum Gasteiger partial charge on any atom is -0.366 e. The van der Waals surface area contributed by atoms with Gasteiger partial charge in [-0.05, 0) is 42.1 Å². The van der Waals surface area contributed by atoms with Crippen molar-refractivity contribution in [2.24, 2.45) is 5.73 Å². The second-order valence-electron chi connectivity index (χ2n) is 3.83. The van der Waals surface area contributed by atoms with E-state index in [1.807, 2.05) is 18.4 Å². The van der Waals surface area contributed by atoms with Crippen molar-refractivity contribution in [1.82, 2.24) is 0 Å². The van der Waals surface area contributed by atoms with E-state index in [4.69, 9.17) is 5.73 Å². The summed E-state index contributed by atoms with van der Waals surface area (Å²) in [7, 11) is 0. The molecule has 0 unspecified atom stereocenters. The molecule has 1 aromatic heterocycles. The summed E-state index contributed by atoms with van der Waals surface area (Å²) in [5.74, 6) is -0.630. The third-order valence-corrected chi connectivity index (χ3v) is 3.37. The van der Waals surface area contributed by atoms with E-state index in [2.05, 4.69) is 5.32 Å². The van der Waals surface area contributed by atoms with E-state index in [0.717, 1.165) is 5.56 Å². The van der Waals surface area contributed by atoms with Gasteiger partial charge in [0.15, 0.2) is 0 Å². The van der Waals surface area contributed by atoms with Crippen LogP contribution in [0.5, 0.6) is 0 Å². The van der Waals surface area contributed by atoms with E-state index < -0.39 is 5.91 Å². The van der Waals surface area contributed by atoms with Gasteiger partial charge in [-0.2, -0.15) is 0 Å². The van der Waals surface area contributed by atoms with Gasteiger partial charge in [0.1, 0.15) is 0 Å². The molecule has 92 valence electrons. The van der Waals surface area contributed by atoms with Crippen LogP contribution in [0.1, 0.15) is 25.6 Å². The first-order valence-electron chi connectivity index (χ1n) is 5.33. The number of rotatable bonds is 3. The molecule has 0 radical (unpaired) electrons. The first kappa shape index (κ1) is 12.3. The smallest absolute Gasteiger partial charge is 0.265 e. The van der Waals surface area contributed by atoms with Gasteiger partial charge in [0, 0.05) is 11.3 Å². The quantitative estimate of drug-likeness (QED) is 0.889. The molecule has 0 saturated carbocycles. The fourth-order valence-corrected chi connectivity index (χ4v) is 2.17. The lowest BCUT2D eigenvalue weighted by Gasteiger charge is -2.08. The van der Waals surface area contributed by atoms with Crippen molar-refractivity contribution in [2.75, 3.05) is 5.32 Å². The predicted octanol–water partition coefficient (Wildman–Crippen LogP) is 2.41. The predicted molar refractivity (Wildman–Crippen MR) is 72.0 cm³/mol. The molecule has 5 heteroatoms. The standard InChI is InChI=1S/C13H12N2O2S/c1-8-7-9(12(14)16)4-5-10(8)15-13(17)11-3-2-6-18-11/h2-7H,1H3,(H2,14,16)(H,15,17). The molecule has 0 fully saturated rings. The van der Waals surface area contributed by atoms with Crippen LogP contribution in [0.3, 0.4) is 0 Å². The Balaban J connectivity index is 2.20. The summed E-state index contributed by atoms with van der Waals surface area (Å²) in [6.45, 7) is 1.82. The Labute approximate surface area is 108 Å². The molecule has 0 spiro atoms. The zero-order valence-electron chi connectivity index (χ0n) is 9.77. The highest BCUT2D eigenvalue weighted by Crippen LogP contribution is 2.18. The summed E-state index contributed by atoms with van der Waals surface area (Å²) in [5, 5.41) is 4.64. The zero-order chi connectivity index (χ0) is 13.1. The van der Waals surface area contributed by atoms with Crippen molar-refractivity contribution in [2.45, 2.75) is 6.92 Å². The first-order chi connectivity index (χ1) is 8.58. The van der Waals surface area contributed by atoms with Gasteiger partial charge >= 0.3 is 0 Å². The molecule has 0 saturated heterocycles.